The van der Waals surface area contributed by atoms with Gasteiger partial charge in [0.05, 0.1) is 5.69 Å². The summed E-state index contributed by atoms with van der Waals surface area (Å²) in [5.74, 6) is 0.477. The molecular weight excluding hydrogens is 272 g/mol. The van der Waals surface area contributed by atoms with E-state index in [1.807, 2.05) is 26.0 Å². The van der Waals surface area contributed by atoms with Crippen LogP contribution in [0.2, 0.25) is 0 Å². The number of hydrogen-bond acceptors (Lipinski definition) is 5. The number of hydrogen-bond donors (Lipinski definition) is 2. The lowest BCUT2D eigenvalue weighted by Gasteiger charge is -2.06. The molecule has 0 aromatic carbocycles. The van der Waals surface area contributed by atoms with Crippen molar-refractivity contribution in [2.45, 2.75) is 27.2 Å². The largest absolute Gasteiger partial charge is 0.370 e. The van der Waals surface area contributed by atoms with Gasteiger partial charge in [0.15, 0.2) is 5.13 Å². The molecule has 2 aromatic heterocycles. The molecule has 2 N–H and O–H groups in total. The summed E-state index contributed by atoms with van der Waals surface area (Å²) < 4.78 is 0. The van der Waals surface area contributed by atoms with Gasteiger partial charge in [-0.05, 0) is 32.4 Å². The Morgan fingerprint density at radius 2 is 2.10 bits per heavy atom. The van der Waals surface area contributed by atoms with Crippen molar-refractivity contribution in [2.75, 3.05) is 17.2 Å². The van der Waals surface area contributed by atoms with E-state index in [1.165, 1.54) is 11.3 Å². The van der Waals surface area contributed by atoms with E-state index in [2.05, 4.69) is 27.5 Å². The molecular formula is C14H18N4OS. The number of carbonyl (C=O) groups is 1. The Bertz CT molecular complexity index is 589. The van der Waals surface area contributed by atoms with E-state index in [0.29, 0.717) is 16.6 Å². The molecule has 0 saturated heterocycles. The Labute approximate surface area is 122 Å². The standard InChI is InChI=1S/C14H18N4OS/c1-4-8-15-12-7-5-6-11(17-12)13(19)18-14-16-9(2)10(3)20-14/h5-7H,4,8H2,1-3H3,(H,15,17)(H,16,18,19). The lowest BCUT2D eigenvalue weighted by atomic mass is 10.3. The molecule has 6 heteroatoms. The number of thiazole rings is 1. The highest BCUT2D eigenvalue weighted by molar-refractivity contribution is 7.15. The van der Waals surface area contributed by atoms with Gasteiger partial charge < -0.3 is 5.32 Å². The zero-order valence-corrected chi connectivity index (χ0v) is 12.7. The third-order valence-corrected chi connectivity index (χ3v) is 3.78. The third-order valence-electron chi connectivity index (χ3n) is 2.79. The number of amides is 1. The highest BCUT2D eigenvalue weighted by Crippen LogP contribution is 2.21. The Hall–Kier alpha value is -1.95. The predicted molar refractivity (Wildman–Crippen MR) is 82.6 cm³/mol. The van der Waals surface area contributed by atoms with Gasteiger partial charge in [-0.2, -0.15) is 0 Å². The van der Waals surface area contributed by atoms with Gasteiger partial charge in [-0.25, -0.2) is 9.97 Å². The number of nitrogens with one attached hydrogen (secondary N) is 2. The minimum atomic E-state index is -0.237. The second-order valence-corrected chi connectivity index (χ2v) is 5.65. The summed E-state index contributed by atoms with van der Waals surface area (Å²) in [5.41, 5.74) is 1.33. The first-order valence-corrected chi connectivity index (χ1v) is 7.38. The van der Waals surface area contributed by atoms with Crippen LogP contribution in [0.3, 0.4) is 0 Å². The Morgan fingerprint density at radius 1 is 1.30 bits per heavy atom. The van der Waals surface area contributed by atoms with Crippen LogP contribution in [-0.2, 0) is 0 Å². The molecule has 0 fully saturated rings. The Morgan fingerprint density at radius 3 is 2.75 bits per heavy atom. The number of anilines is 2. The van der Waals surface area contributed by atoms with Crippen LogP contribution in [0.1, 0.15) is 34.4 Å². The molecule has 0 aliphatic carbocycles. The maximum absolute atomic E-state index is 12.1. The van der Waals surface area contributed by atoms with E-state index >= 15 is 0 Å². The minimum absolute atomic E-state index is 0.237. The molecule has 106 valence electrons. The summed E-state index contributed by atoms with van der Waals surface area (Å²) >= 11 is 1.47. The number of pyridine rings is 1. The fraction of sp³-hybridized carbons (Fsp3) is 0.357. The normalized spacial score (nSPS) is 10.3. The van der Waals surface area contributed by atoms with Crippen LogP contribution in [0, 0.1) is 13.8 Å². The molecule has 0 saturated carbocycles. The van der Waals surface area contributed by atoms with Crippen LogP contribution in [0.15, 0.2) is 18.2 Å². The van der Waals surface area contributed by atoms with E-state index < -0.39 is 0 Å². The molecule has 2 heterocycles. The molecule has 20 heavy (non-hydrogen) atoms. The number of carbonyl (C=O) groups excluding carboxylic acids is 1. The van der Waals surface area contributed by atoms with E-state index in [-0.39, 0.29) is 5.91 Å². The van der Waals surface area contributed by atoms with Crippen LogP contribution in [-0.4, -0.2) is 22.4 Å². The quantitative estimate of drug-likeness (QED) is 0.887. The minimum Gasteiger partial charge on any atom is -0.370 e. The second-order valence-electron chi connectivity index (χ2n) is 4.45. The van der Waals surface area contributed by atoms with Crippen molar-refractivity contribution in [1.82, 2.24) is 9.97 Å². The van der Waals surface area contributed by atoms with Crippen LogP contribution in [0.5, 0.6) is 0 Å². The van der Waals surface area contributed by atoms with Gasteiger partial charge in [-0.1, -0.05) is 13.0 Å². The lowest BCUT2D eigenvalue weighted by Crippen LogP contribution is -2.14. The molecule has 0 unspecified atom stereocenters. The molecule has 1 amide bonds. The molecule has 2 aromatic rings. The summed E-state index contributed by atoms with van der Waals surface area (Å²) in [6, 6.07) is 5.36. The summed E-state index contributed by atoms with van der Waals surface area (Å²) in [7, 11) is 0. The number of nitrogens with zero attached hydrogens (tertiary/aromatic N) is 2. The molecule has 5 nitrogen and oxygen atoms in total. The fourth-order valence-corrected chi connectivity index (χ4v) is 2.41. The van der Waals surface area contributed by atoms with Gasteiger partial charge >= 0.3 is 0 Å². The first-order chi connectivity index (χ1) is 9.60. The van der Waals surface area contributed by atoms with Crippen LogP contribution in [0.25, 0.3) is 0 Å². The first-order valence-electron chi connectivity index (χ1n) is 6.56. The number of aromatic nitrogens is 2. The van der Waals surface area contributed by atoms with Crippen molar-refractivity contribution in [3.05, 3.63) is 34.5 Å². The number of aryl methyl sites for hydroxylation is 2. The Balaban J connectivity index is 2.08. The molecule has 0 radical (unpaired) electrons. The van der Waals surface area contributed by atoms with Crippen LogP contribution in [0.4, 0.5) is 10.9 Å². The third kappa shape index (κ3) is 3.54. The van der Waals surface area contributed by atoms with Crippen molar-refractivity contribution in [2.24, 2.45) is 0 Å². The fourth-order valence-electron chi connectivity index (χ4n) is 1.60. The lowest BCUT2D eigenvalue weighted by molar-refractivity contribution is 0.102. The molecule has 2 rings (SSSR count). The van der Waals surface area contributed by atoms with E-state index in [4.69, 9.17) is 0 Å². The van der Waals surface area contributed by atoms with Gasteiger partial charge in [-0.15, -0.1) is 11.3 Å². The highest BCUT2D eigenvalue weighted by atomic mass is 32.1. The average Bonchev–Trinajstić information content (AvgIpc) is 2.75. The predicted octanol–water partition coefficient (Wildman–Crippen LogP) is 3.23. The maximum Gasteiger partial charge on any atom is 0.276 e. The zero-order valence-electron chi connectivity index (χ0n) is 11.9. The Kier molecular flexibility index (Phi) is 4.68. The van der Waals surface area contributed by atoms with Gasteiger partial charge in [0.25, 0.3) is 5.91 Å². The number of rotatable bonds is 5. The molecule has 0 aliphatic heterocycles. The maximum atomic E-state index is 12.1. The van der Waals surface area contributed by atoms with Crippen molar-refractivity contribution in [3.8, 4) is 0 Å². The smallest absolute Gasteiger partial charge is 0.276 e. The van der Waals surface area contributed by atoms with Gasteiger partial charge in [0, 0.05) is 11.4 Å². The first kappa shape index (κ1) is 14.5. The monoisotopic (exact) mass is 290 g/mol. The zero-order chi connectivity index (χ0) is 14.5. The topological polar surface area (TPSA) is 66.9 Å². The summed E-state index contributed by atoms with van der Waals surface area (Å²) in [6.45, 7) is 6.82. The summed E-state index contributed by atoms with van der Waals surface area (Å²) in [6.07, 6.45) is 1.01. The molecule has 0 spiro atoms. The SMILES string of the molecule is CCCNc1cccc(C(=O)Nc2nc(C)c(C)s2)n1. The van der Waals surface area contributed by atoms with E-state index in [1.54, 1.807) is 6.07 Å². The molecule has 0 bridgehead atoms. The molecule has 0 aliphatic rings. The summed E-state index contributed by atoms with van der Waals surface area (Å²) in [4.78, 5) is 21.8. The van der Waals surface area contributed by atoms with E-state index in [9.17, 15) is 4.79 Å². The average molecular weight is 290 g/mol. The second kappa shape index (κ2) is 6.47. The highest BCUT2D eigenvalue weighted by Gasteiger charge is 2.11. The van der Waals surface area contributed by atoms with Gasteiger partial charge in [0.2, 0.25) is 0 Å². The van der Waals surface area contributed by atoms with Gasteiger partial charge in [-0.3, -0.25) is 10.1 Å². The summed E-state index contributed by atoms with van der Waals surface area (Å²) in [5, 5.41) is 6.55. The van der Waals surface area contributed by atoms with Gasteiger partial charge in [0.1, 0.15) is 11.5 Å². The van der Waals surface area contributed by atoms with Crippen molar-refractivity contribution >= 4 is 28.2 Å². The molecule has 0 atom stereocenters. The van der Waals surface area contributed by atoms with Crippen molar-refractivity contribution in [3.63, 3.8) is 0 Å². The van der Waals surface area contributed by atoms with Crippen molar-refractivity contribution in [1.29, 1.82) is 0 Å². The van der Waals surface area contributed by atoms with Crippen molar-refractivity contribution < 1.29 is 4.79 Å². The van der Waals surface area contributed by atoms with Crippen LogP contribution < -0.4 is 10.6 Å². The van der Waals surface area contributed by atoms with E-state index in [0.717, 1.165) is 23.5 Å². The van der Waals surface area contributed by atoms with Crippen LogP contribution >= 0.6 is 11.3 Å².